The average molecular weight is 854 g/mol. The number of carbonyl (C=O) groups excluding carboxylic acids is 4. The van der Waals surface area contributed by atoms with Crippen LogP contribution in [0.15, 0.2) is 27.8 Å². The minimum absolute atomic E-state index is 0.0184. The molecule has 318 valence electrons. The van der Waals surface area contributed by atoms with Gasteiger partial charge in [0.15, 0.2) is 0 Å². The van der Waals surface area contributed by atoms with Crippen molar-refractivity contribution in [3.63, 3.8) is 0 Å². The van der Waals surface area contributed by atoms with E-state index in [1.165, 1.54) is 7.11 Å². The van der Waals surface area contributed by atoms with Crippen molar-refractivity contribution < 1.29 is 38.6 Å². The molecule has 1 saturated heterocycles. The van der Waals surface area contributed by atoms with Crippen molar-refractivity contribution in [2.75, 3.05) is 55.6 Å². The van der Waals surface area contributed by atoms with Crippen LogP contribution in [0.4, 0.5) is 0 Å². The van der Waals surface area contributed by atoms with E-state index in [4.69, 9.17) is 14.2 Å². The zero-order valence-corrected chi connectivity index (χ0v) is 37.7. The fraction of sp³-hybridized carbons (Fsp3) is 0.732. The molecule has 1 heterocycles. The van der Waals surface area contributed by atoms with Gasteiger partial charge < -0.3 is 39.9 Å². The summed E-state index contributed by atoms with van der Waals surface area (Å²) in [6.45, 7) is 15.7. The Morgan fingerprint density at radius 2 is 1.64 bits per heavy atom. The van der Waals surface area contributed by atoms with E-state index in [9.17, 15) is 24.4 Å². The number of methoxy groups -OCH3 is 3. The van der Waals surface area contributed by atoms with Gasteiger partial charge >= 0.3 is 0 Å². The second-order valence-electron chi connectivity index (χ2n) is 16.1. The highest BCUT2D eigenvalue weighted by Crippen LogP contribution is 2.31. The number of rotatable bonds is 21. The van der Waals surface area contributed by atoms with E-state index in [-0.39, 0.29) is 60.5 Å². The fourth-order valence-corrected chi connectivity index (χ4v) is 8.34. The predicted octanol–water partition coefficient (Wildman–Crippen LogP) is 4.32. The molecule has 4 amide bonds. The van der Waals surface area contributed by atoms with E-state index in [0.717, 1.165) is 10.0 Å². The van der Waals surface area contributed by atoms with Gasteiger partial charge in [0.25, 0.3) is 0 Å². The number of oxime groups is 1. The van der Waals surface area contributed by atoms with Gasteiger partial charge in [0.05, 0.1) is 55.3 Å². The standard InChI is InChI=1S/C41H69BrN6O8/c1-15-25(6)37(47(11)41(52)35(23(2)3)44-40(51)36(24(4)5)46(9)10)33(55-13)20-34(49)48-22-29(54-12)19-32(48)38(56-14)27(8)39(50)43-21-31(45-53)30-18-28(42)17-16-26(30)7/h16-18,23-25,27,29,32-33,35-38,53H,15,19-22H2,1-14H3,(H,43,50)(H,44,51)/t25-,27+,29+,32+,33+,35-,36-,37-,38+/m0/s1. The minimum atomic E-state index is -0.785. The Morgan fingerprint density at radius 3 is 2.14 bits per heavy atom. The van der Waals surface area contributed by atoms with Crippen LogP contribution in [0.5, 0.6) is 0 Å². The molecule has 1 aliphatic heterocycles. The Balaban J connectivity index is 2.34. The van der Waals surface area contributed by atoms with Crippen molar-refractivity contribution in [2.45, 2.75) is 117 Å². The Hall–Kier alpha value is -3.11. The van der Waals surface area contributed by atoms with E-state index < -0.39 is 42.3 Å². The maximum atomic E-state index is 14.4. The normalized spacial score (nSPS) is 20.0. The molecule has 0 aromatic heterocycles. The number of benzene rings is 1. The molecule has 1 fully saturated rings. The summed E-state index contributed by atoms with van der Waals surface area (Å²) < 4.78 is 18.5. The van der Waals surface area contributed by atoms with Gasteiger partial charge in [0.1, 0.15) is 11.8 Å². The number of amides is 4. The summed E-state index contributed by atoms with van der Waals surface area (Å²) in [4.78, 5) is 61.0. The van der Waals surface area contributed by atoms with Crippen LogP contribution in [0.25, 0.3) is 0 Å². The number of nitrogens with one attached hydrogen (secondary N) is 2. The molecule has 2 rings (SSSR count). The Kier molecular flexibility index (Phi) is 19.9. The molecular weight excluding hydrogens is 784 g/mol. The lowest BCUT2D eigenvalue weighted by molar-refractivity contribution is -0.148. The molecule has 1 aromatic rings. The summed E-state index contributed by atoms with van der Waals surface area (Å²) in [5.74, 6) is -1.93. The van der Waals surface area contributed by atoms with Crippen LogP contribution >= 0.6 is 15.9 Å². The summed E-state index contributed by atoms with van der Waals surface area (Å²) in [5.41, 5.74) is 1.88. The third kappa shape index (κ3) is 12.4. The Bertz CT molecular complexity index is 1480. The topological polar surface area (TPSA) is 162 Å². The van der Waals surface area contributed by atoms with Crippen molar-refractivity contribution in [3.8, 4) is 0 Å². The summed E-state index contributed by atoms with van der Waals surface area (Å²) in [6, 6.07) is 3.41. The number of aryl methyl sites for hydroxylation is 1. The van der Waals surface area contributed by atoms with E-state index in [1.807, 2.05) is 85.7 Å². The second kappa shape index (κ2) is 22.7. The van der Waals surface area contributed by atoms with Gasteiger partial charge in [0, 0.05) is 45.0 Å². The van der Waals surface area contributed by atoms with Gasteiger partial charge in [-0.15, -0.1) is 0 Å². The molecule has 0 saturated carbocycles. The number of carbonyl (C=O) groups is 4. The molecule has 14 nitrogen and oxygen atoms in total. The quantitative estimate of drug-likeness (QED) is 0.0930. The van der Waals surface area contributed by atoms with E-state index in [0.29, 0.717) is 30.7 Å². The zero-order valence-electron chi connectivity index (χ0n) is 36.1. The van der Waals surface area contributed by atoms with Crippen LogP contribution in [-0.4, -0.2) is 147 Å². The van der Waals surface area contributed by atoms with Crippen LogP contribution in [0, 0.1) is 30.6 Å². The molecule has 0 aliphatic carbocycles. The lowest BCUT2D eigenvalue weighted by Crippen LogP contribution is -2.59. The lowest BCUT2D eigenvalue weighted by Gasteiger charge is -2.41. The van der Waals surface area contributed by atoms with Gasteiger partial charge in [-0.2, -0.15) is 0 Å². The number of nitrogens with zero attached hydrogens (tertiary/aromatic N) is 4. The first-order valence-corrected chi connectivity index (χ1v) is 20.4. The number of likely N-dealkylation sites (N-methyl/N-ethyl adjacent to an activating group) is 2. The summed E-state index contributed by atoms with van der Waals surface area (Å²) in [7, 11) is 10.1. The number of ether oxygens (including phenoxy) is 3. The van der Waals surface area contributed by atoms with Gasteiger partial charge in [-0.1, -0.05) is 82.0 Å². The molecule has 0 bridgehead atoms. The minimum Gasteiger partial charge on any atom is -0.411 e. The predicted molar refractivity (Wildman–Crippen MR) is 222 cm³/mol. The monoisotopic (exact) mass is 852 g/mol. The van der Waals surface area contributed by atoms with Crippen molar-refractivity contribution in [1.82, 2.24) is 25.3 Å². The first-order valence-electron chi connectivity index (χ1n) is 19.7. The smallest absolute Gasteiger partial charge is 0.245 e. The molecule has 9 atom stereocenters. The third-order valence-electron chi connectivity index (χ3n) is 11.3. The number of likely N-dealkylation sites (tertiary alicyclic amines) is 1. The molecule has 3 N–H and O–H groups in total. The van der Waals surface area contributed by atoms with Gasteiger partial charge in [0.2, 0.25) is 23.6 Å². The van der Waals surface area contributed by atoms with E-state index in [2.05, 4.69) is 31.7 Å². The average Bonchev–Trinajstić information content (AvgIpc) is 3.58. The first kappa shape index (κ1) is 49.0. The van der Waals surface area contributed by atoms with Crippen molar-refractivity contribution in [1.29, 1.82) is 0 Å². The highest BCUT2D eigenvalue weighted by Gasteiger charge is 2.45. The molecule has 1 aromatic carbocycles. The van der Waals surface area contributed by atoms with Crippen LogP contribution < -0.4 is 10.6 Å². The van der Waals surface area contributed by atoms with Crippen LogP contribution in [-0.2, 0) is 33.4 Å². The maximum Gasteiger partial charge on any atom is 0.245 e. The Labute approximate surface area is 343 Å². The Morgan fingerprint density at radius 1 is 1.00 bits per heavy atom. The highest BCUT2D eigenvalue weighted by molar-refractivity contribution is 9.10. The zero-order chi connectivity index (χ0) is 42.6. The van der Waals surface area contributed by atoms with Crippen LogP contribution in [0.1, 0.15) is 78.9 Å². The molecular formula is C41H69BrN6O8. The summed E-state index contributed by atoms with van der Waals surface area (Å²) >= 11 is 3.45. The van der Waals surface area contributed by atoms with Crippen molar-refractivity contribution in [3.05, 3.63) is 33.8 Å². The largest absolute Gasteiger partial charge is 0.411 e. The molecule has 0 spiro atoms. The van der Waals surface area contributed by atoms with Gasteiger partial charge in [-0.05, 0) is 62.9 Å². The first-order chi connectivity index (χ1) is 26.3. The maximum absolute atomic E-state index is 14.4. The highest BCUT2D eigenvalue weighted by atomic mass is 79.9. The van der Waals surface area contributed by atoms with Gasteiger partial charge in [-0.3, -0.25) is 24.1 Å². The van der Waals surface area contributed by atoms with Crippen molar-refractivity contribution >= 4 is 45.3 Å². The fourth-order valence-electron chi connectivity index (χ4n) is 7.98. The SMILES string of the molecule is CC[C@H](C)[C@@H]([C@@H](CC(=O)N1C[C@H](OC)C[C@@H]1[C@H](OC)[C@@H](C)C(=O)NCC(=NO)c1cc(Br)ccc1C)OC)N(C)C(=O)[C@@H](NC(=O)[C@H](C(C)C)N(C)C)C(C)C. The van der Waals surface area contributed by atoms with Crippen LogP contribution in [0.2, 0.25) is 0 Å². The molecule has 0 radical (unpaired) electrons. The van der Waals surface area contributed by atoms with Crippen LogP contribution in [0.3, 0.4) is 0 Å². The number of halogens is 1. The van der Waals surface area contributed by atoms with E-state index in [1.54, 1.807) is 38.0 Å². The molecule has 0 unspecified atom stereocenters. The van der Waals surface area contributed by atoms with Gasteiger partial charge in [-0.25, -0.2) is 0 Å². The molecule has 56 heavy (non-hydrogen) atoms. The number of hydrogen-bond donors (Lipinski definition) is 3. The lowest BCUT2D eigenvalue weighted by atomic mass is 9.89. The molecule has 15 heteroatoms. The third-order valence-corrected chi connectivity index (χ3v) is 11.8. The summed E-state index contributed by atoms with van der Waals surface area (Å²) in [6.07, 6.45) is -0.530. The molecule has 1 aliphatic rings. The second-order valence-corrected chi connectivity index (χ2v) is 17.0. The summed E-state index contributed by atoms with van der Waals surface area (Å²) in [5, 5.41) is 19.2. The number of hydrogen-bond acceptors (Lipinski definition) is 10. The van der Waals surface area contributed by atoms with E-state index >= 15 is 0 Å². The van der Waals surface area contributed by atoms with Crippen molar-refractivity contribution in [2.24, 2.45) is 28.8 Å².